The number of halogens is 1. The first-order valence-corrected chi connectivity index (χ1v) is 8.67. The highest BCUT2D eigenvalue weighted by Crippen LogP contribution is 2.40. The lowest BCUT2D eigenvalue weighted by atomic mass is 10.1. The van der Waals surface area contributed by atoms with E-state index in [2.05, 4.69) is 22.1 Å². The normalized spacial score (nSPS) is 21.0. The fraction of sp³-hybridized carbons (Fsp3) is 0.529. The second-order valence-corrected chi connectivity index (χ2v) is 6.88. The van der Waals surface area contributed by atoms with Gasteiger partial charge in [-0.1, -0.05) is 16.8 Å². The Labute approximate surface area is 145 Å². The van der Waals surface area contributed by atoms with E-state index >= 15 is 0 Å². The highest BCUT2D eigenvalue weighted by atomic mass is 35.5. The van der Waals surface area contributed by atoms with E-state index < -0.39 is 0 Å². The first kappa shape index (κ1) is 15.7. The van der Waals surface area contributed by atoms with Crippen LogP contribution in [0, 0.1) is 5.92 Å². The lowest BCUT2D eigenvalue weighted by Crippen LogP contribution is -2.15. The number of benzene rings is 1. The number of ether oxygens (including phenoxy) is 2. The van der Waals surface area contributed by atoms with Gasteiger partial charge in [0.2, 0.25) is 11.7 Å². The van der Waals surface area contributed by atoms with Gasteiger partial charge in [0.05, 0.1) is 18.2 Å². The van der Waals surface area contributed by atoms with Crippen LogP contribution in [0.4, 0.5) is 0 Å². The summed E-state index contributed by atoms with van der Waals surface area (Å²) in [5.74, 6) is 3.02. The van der Waals surface area contributed by atoms with E-state index in [1.54, 1.807) is 6.07 Å². The van der Waals surface area contributed by atoms with Crippen LogP contribution >= 0.6 is 11.6 Å². The Hall–Kier alpha value is -1.79. The molecule has 1 aromatic carbocycles. The van der Waals surface area contributed by atoms with Crippen LogP contribution in [0.1, 0.15) is 18.7 Å². The maximum Gasteiger partial charge on any atom is 0.227 e. The SMILES string of the molecule is CN1CCC(Cc2nc(-c3cc(Cl)c4c(c3)OCCCO4)no2)C1. The molecule has 0 N–H and O–H groups in total. The summed E-state index contributed by atoms with van der Waals surface area (Å²) in [6.07, 6.45) is 2.82. The summed E-state index contributed by atoms with van der Waals surface area (Å²) in [6, 6.07) is 3.66. The molecule has 1 atom stereocenters. The van der Waals surface area contributed by atoms with Crippen molar-refractivity contribution in [2.45, 2.75) is 19.3 Å². The van der Waals surface area contributed by atoms with Crippen molar-refractivity contribution >= 4 is 11.6 Å². The van der Waals surface area contributed by atoms with Gasteiger partial charge in [-0.25, -0.2) is 0 Å². The fourth-order valence-electron chi connectivity index (χ4n) is 3.25. The molecule has 2 aliphatic rings. The summed E-state index contributed by atoms with van der Waals surface area (Å²) in [7, 11) is 2.14. The molecule has 3 heterocycles. The van der Waals surface area contributed by atoms with Crippen molar-refractivity contribution in [3.63, 3.8) is 0 Å². The van der Waals surface area contributed by atoms with Gasteiger partial charge in [0.25, 0.3) is 0 Å². The van der Waals surface area contributed by atoms with Crippen molar-refractivity contribution in [2.24, 2.45) is 5.92 Å². The van der Waals surface area contributed by atoms with E-state index in [-0.39, 0.29) is 0 Å². The Morgan fingerprint density at radius 1 is 1.29 bits per heavy atom. The number of rotatable bonds is 3. The molecule has 1 aromatic heterocycles. The summed E-state index contributed by atoms with van der Waals surface area (Å²) in [6.45, 7) is 3.42. The van der Waals surface area contributed by atoms with Crippen LogP contribution in [0.2, 0.25) is 5.02 Å². The molecule has 0 saturated carbocycles. The zero-order valence-corrected chi connectivity index (χ0v) is 14.4. The fourth-order valence-corrected chi connectivity index (χ4v) is 3.52. The third-order valence-electron chi connectivity index (χ3n) is 4.48. The molecule has 0 spiro atoms. The minimum absolute atomic E-state index is 0.508. The van der Waals surface area contributed by atoms with Crippen LogP contribution < -0.4 is 9.47 Å². The molecule has 1 saturated heterocycles. The van der Waals surface area contributed by atoms with Crippen LogP contribution in [-0.4, -0.2) is 48.4 Å². The molecule has 0 radical (unpaired) electrons. The monoisotopic (exact) mass is 349 g/mol. The number of hydrogen-bond acceptors (Lipinski definition) is 6. The average molecular weight is 350 g/mol. The van der Waals surface area contributed by atoms with Gasteiger partial charge < -0.3 is 18.9 Å². The molecule has 1 unspecified atom stereocenters. The smallest absolute Gasteiger partial charge is 0.227 e. The van der Waals surface area contributed by atoms with Gasteiger partial charge >= 0.3 is 0 Å². The van der Waals surface area contributed by atoms with Gasteiger partial charge in [-0.15, -0.1) is 0 Å². The van der Waals surface area contributed by atoms with Gasteiger partial charge in [0, 0.05) is 24.9 Å². The molecule has 0 aliphatic carbocycles. The highest BCUT2D eigenvalue weighted by Gasteiger charge is 2.23. The van der Waals surface area contributed by atoms with E-state index in [9.17, 15) is 0 Å². The van der Waals surface area contributed by atoms with E-state index in [0.717, 1.165) is 31.5 Å². The number of fused-ring (bicyclic) bond motifs is 1. The second-order valence-electron chi connectivity index (χ2n) is 6.47. The Morgan fingerprint density at radius 3 is 3.00 bits per heavy atom. The molecule has 2 aromatic rings. The van der Waals surface area contributed by atoms with Gasteiger partial charge in [0.15, 0.2) is 11.5 Å². The van der Waals surface area contributed by atoms with Crippen LogP contribution in [-0.2, 0) is 6.42 Å². The third-order valence-corrected chi connectivity index (χ3v) is 4.76. The van der Waals surface area contributed by atoms with Crippen molar-refractivity contribution in [2.75, 3.05) is 33.4 Å². The Bertz CT molecular complexity index is 734. The van der Waals surface area contributed by atoms with E-state index in [4.69, 9.17) is 25.6 Å². The van der Waals surface area contributed by atoms with Gasteiger partial charge in [0.1, 0.15) is 0 Å². The standard InChI is InChI=1S/C17H20ClN3O3/c1-21-4-3-11(10-21)7-15-19-17(20-24-15)12-8-13(18)16-14(9-12)22-5-2-6-23-16/h8-9,11H,2-7,10H2,1H3. The van der Waals surface area contributed by atoms with Crippen LogP contribution in [0.3, 0.4) is 0 Å². The Kier molecular flexibility index (Phi) is 4.33. The molecule has 4 rings (SSSR count). The number of likely N-dealkylation sites (tertiary alicyclic amines) is 1. The summed E-state index contributed by atoms with van der Waals surface area (Å²) >= 11 is 6.33. The zero-order chi connectivity index (χ0) is 16.5. The molecule has 1 fully saturated rings. The molecule has 6 nitrogen and oxygen atoms in total. The number of nitrogens with zero attached hydrogens (tertiary/aromatic N) is 3. The molecule has 2 aliphatic heterocycles. The van der Waals surface area contributed by atoms with E-state index in [1.807, 2.05) is 6.07 Å². The van der Waals surface area contributed by atoms with Gasteiger partial charge in [-0.2, -0.15) is 4.98 Å². The first-order chi connectivity index (χ1) is 11.7. The molecule has 7 heteroatoms. The molecule has 0 amide bonds. The number of hydrogen-bond donors (Lipinski definition) is 0. The minimum Gasteiger partial charge on any atom is -0.489 e. The van der Waals surface area contributed by atoms with Crippen molar-refractivity contribution in [3.8, 4) is 22.9 Å². The van der Waals surface area contributed by atoms with Crippen molar-refractivity contribution in [3.05, 3.63) is 23.0 Å². The molecule has 24 heavy (non-hydrogen) atoms. The predicted molar refractivity (Wildman–Crippen MR) is 89.7 cm³/mol. The highest BCUT2D eigenvalue weighted by molar-refractivity contribution is 6.32. The van der Waals surface area contributed by atoms with Crippen LogP contribution in [0.25, 0.3) is 11.4 Å². The van der Waals surface area contributed by atoms with Crippen molar-refractivity contribution in [1.82, 2.24) is 15.0 Å². The van der Waals surface area contributed by atoms with E-state index in [1.165, 1.54) is 6.42 Å². The molecule has 128 valence electrons. The number of aromatic nitrogens is 2. The lowest BCUT2D eigenvalue weighted by Gasteiger charge is -2.10. The quantitative estimate of drug-likeness (QED) is 0.848. The largest absolute Gasteiger partial charge is 0.489 e. The average Bonchev–Trinajstić information content (AvgIpc) is 3.11. The van der Waals surface area contributed by atoms with Gasteiger partial charge in [-0.05, 0) is 38.1 Å². The Balaban J connectivity index is 1.56. The minimum atomic E-state index is 0.508. The van der Waals surface area contributed by atoms with Crippen LogP contribution in [0.15, 0.2) is 16.7 Å². The van der Waals surface area contributed by atoms with Crippen LogP contribution in [0.5, 0.6) is 11.5 Å². The van der Waals surface area contributed by atoms with E-state index in [0.29, 0.717) is 47.4 Å². The predicted octanol–water partition coefficient (Wildman–Crippen LogP) is 3.05. The molecular weight excluding hydrogens is 330 g/mol. The molecular formula is C17H20ClN3O3. The maximum absolute atomic E-state index is 6.33. The zero-order valence-electron chi connectivity index (χ0n) is 13.6. The topological polar surface area (TPSA) is 60.6 Å². The van der Waals surface area contributed by atoms with Crippen molar-refractivity contribution in [1.29, 1.82) is 0 Å². The summed E-state index contributed by atoms with van der Waals surface area (Å²) in [5.41, 5.74) is 0.780. The summed E-state index contributed by atoms with van der Waals surface area (Å²) in [5, 5.41) is 4.61. The second kappa shape index (κ2) is 6.61. The third kappa shape index (κ3) is 3.21. The summed E-state index contributed by atoms with van der Waals surface area (Å²) < 4.78 is 16.8. The first-order valence-electron chi connectivity index (χ1n) is 8.29. The summed E-state index contributed by atoms with van der Waals surface area (Å²) in [4.78, 5) is 6.86. The van der Waals surface area contributed by atoms with Gasteiger partial charge in [-0.3, -0.25) is 0 Å². The molecule has 0 bridgehead atoms. The Morgan fingerprint density at radius 2 is 2.17 bits per heavy atom. The lowest BCUT2D eigenvalue weighted by molar-refractivity contribution is 0.297. The van der Waals surface area contributed by atoms with Crippen molar-refractivity contribution < 1.29 is 14.0 Å². The maximum atomic E-state index is 6.33.